The Morgan fingerprint density at radius 1 is 1.45 bits per heavy atom. The maximum atomic E-state index is 5.92. The van der Waals surface area contributed by atoms with E-state index < -0.39 is 6.04 Å². The molecular weight excluding hydrogens is 326 g/mol. The molecule has 1 unspecified atom stereocenters. The summed E-state index contributed by atoms with van der Waals surface area (Å²) in [6, 6.07) is 5.11. The summed E-state index contributed by atoms with van der Waals surface area (Å²) in [6.07, 6.45) is 0. The molecule has 0 amide bonds. The fraction of sp³-hybridized carbons (Fsp3) is 0.385. The van der Waals surface area contributed by atoms with E-state index in [1.54, 1.807) is 7.11 Å². The van der Waals surface area contributed by atoms with E-state index in [1.165, 1.54) is 0 Å². The average Bonchev–Trinajstić information content (AvgIpc) is 2.95. The molecule has 7 heteroatoms. The van der Waals surface area contributed by atoms with Crippen molar-refractivity contribution in [1.82, 2.24) is 10.1 Å². The molecule has 0 fully saturated rings. The smallest absolute Gasteiger partial charge is 0.259 e. The van der Waals surface area contributed by atoms with E-state index in [1.807, 2.05) is 25.1 Å². The molecule has 0 spiro atoms. The number of nitrogens with two attached hydrogens (primary N) is 1. The second-order valence-corrected chi connectivity index (χ2v) is 4.92. The van der Waals surface area contributed by atoms with Gasteiger partial charge < -0.3 is 19.7 Å². The maximum absolute atomic E-state index is 5.92. The zero-order valence-corrected chi connectivity index (χ0v) is 12.9. The summed E-state index contributed by atoms with van der Waals surface area (Å²) in [4.78, 5) is 4.30. The number of aromatic nitrogens is 2. The number of halogens is 1. The summed E-state index contributed by atoms with van der Waals surface area (Å²) in [6.45, 7) is 2.86. The Hall–Kier alpha value is -1.44. The first kappa shape index (κ1) is 15.0. The number of hydrogen-bond donors (Lipinski definition) is 1. The Morgan fingerprint density at radius 3 is 2.95 bits per heavy atom. The van der Waals surface area contributed by atoms with Crippen LogP contribution >= 0.6 is 15.9 Å². The van der Waals surface area contributed by atoms with Crippen LogP contribution in [0.1, 0.15) is 18.8 Å². The van der Waals surface area contributed by atoms with Gasteiger partial charge in [-0.05, 0) is 41.1 Å². The van der Waals surface area contributed by atoms with Gasteiger partial charge in [0.25, 0.3) is 5.89 Å². The molecular formula is C13H16BrN3O3. The van der Waals surface area contributed by atoms with Crippen LogP contribution in [-0.4, -0.2) is 30.5 Å². The monoisotopic (exact) mass is 341 g/mol. The van der Waals surface area contributed by atoms with Crippen LogP contribution in [0.2, 0.25) is 0 Å². The molecule has 1 aromatic heterocycles. The van der Waals surface area contributed by atoms with Crippen LogP contribution in [-0.2, 0) is 4.74 Å². The summed E-state index contributed by atoms with van der Waals surface area (Å²) in [5.74, 6) is 1.52. The van der Waals surface area contributed by atoms with E-state index in [2.05, 4.69) is 26.1 Å². The van der Waals surface area contributed by atoms with Crippen molar-refractivity contribution in [2.45, 2.75) is 13.0 Å². The predicted octanol–water partition coefficient (Wildman–Crippen LogP) is 2.54. The summed E-state index contributed by atoms with van der Waals surface area (Å²) in [5, 5.41) is 3.89. The first-order valence-corrected chi connectivity index (χ1v) is 6.95. The van der Waals surface area contributed by atoms with Gasteiger partial charge in [0.2, 0.25) is 0 Å². The van der Waals surface area contributed by atoms with Crippen LogP contribution in [0.5, 0.6) is 5.75 Å². The number of rotatable bonds is 6. The summed E-state index contributed by atoms with van der Waals surface area (Å²) in [7, 11) is 1.60. The zero-order chi connectivity index (χ0) is 14.5. The number of ether oxygens (including phenoxy) is 2. The van der Waals surface area contributed by atoms with Gasteiger partial charge in [0, 0.05) is 11.1 Å². The second-order valence-electron chi connectivity index (χ2n) is 4.07. The molecule has 1 aromatic carbocycles. The number of nitrogens with zero attached hydrogens (tertiary/aromatic N) is 2. The summed E-state index contributed by atoms with van der Waals surface area (Å²) >= 11 is 3.45. The second kappa shape index (κ2) is 6.83. The van der Waals surface area contributed by atoms with Gasteiger partial charge in [-0.25, -0.2) is 0 Å². The molecule has 0 saturated carbocycles. The largest absolute Gasteiger partial charge is 0.497 e. The van der Waals surface area contributed by atoms with Crippen LogP contribution in [0.25, 0.3) is 11.5 Å². The van der Waals surface area contributed by atoms with Crippen molar-refractivity contribution >= 4 is 15.9 Å². The Balaban J connectivity index is 2.24. The Labute approximate surface area is 125 Å². The van der Waals surface area contributed by atoms with Crippen LogP contribution < -0.4 is 10.5 Å². The van der Waals surface area contributed by atoms with Gasteiger partial charge in [0.1, 0.15) is 5.75 Å². The van der Waals surface area contributed by atoms with Gasteiger partial charge in [-0.15, -0.1) is 0 Å². The molecule has 20 heavy (non-hydrogen) atoms. The highest BCUT2D eigenvalue weighted by Crippen LogP contribution is 2.31. The molecule has 108 valence electrons. The fourth-order valence-electron chi connectivity index (χ4n) is 1.61. The number of benzene rings is 1. The lowest BCUT2D eigenvalue weighted by Gasteiger charge is -2.05. The predicted molar refractivity (Wildman–Crippen MR) is 77.4 cm³/mol. The minimum atomic E-state index is -0.406. The van der Waals surface area contributed by atoms with Crippen molar-refractivity contribution < 1.29 is 14.0 Å². The highest BCUT2D eigenvalue weighted by atomic mass is 79.9. The van der Waals surface area contributed by atoms with Gasteiger partial charge in [0.05, 0.1) is 25.3 Å². The van der Waals surface area contributed by atoms with E-state index in [0.29, 0.717) is 30.7 Å². The third-order valence-electron chi connectivity index (χ3n) is 2.68. The van der Waals surface area contributed by atoms with Crippen molar-refractivity contribution in [2.75, 3.05) is 20.3 Å². The maximum Gasteiger partial charge on any atom is 0.259 e. The Morgan fingerprint density at radius 2 is 2.25 bits per heavy atom. The van der Waals surface area contributed by atoms with E-state index in [-0.39, 0.29) is 0 Å². The molecule has 0 aliphatic rings. The number of hydrogen-bond acceptors (Lipinski definition) is 6. The topological polar surface area (TPSA) is 83.4 Å². The standard InChI is InChI=1S/C13H16BrN3O3/c1-3-19-7-11(15)12-16-13(20-17-12)9-6-8(18-2)4-5-10(9)14/h4-6,11H,3,7,15H2,1-2H3. The zero-order valence-electron chi connectivity index (χ0n) is 11.3. The minimum Gasteiger partial charge on any atom is -0.497 e. The SMILES string of the molecule is CCOCC(N)c1noc(-c2cc(OC)ccc2Br)n1. The molecule has 0 aliphatic heterocycles. The molecule has 6 nitrogen and oxygen atoms in total. The molecule has 0 saturated heterocycles. The van der Waals surface area contributed by atoms with E-state index >= 15 is 0 Å². The van der Waals surface area contributed by atoms with Crippen LogP contribution in [0, 0.1) is 0 Å². The van der Waals surface area contributed by atoms with Crippen molar-refractivity contribution in [1.29, 1.82) is 0 Å². The summed E-state index contributed by atoms with van der Waals surface area (Å²) in [5.41, 5.74) is 6.68. The van der Waals surface area contributed by atoms with Crippen LogP contribution in [0.4, 0.5) is 0 Å². The van der Waals surface area contributed by atoms with Gasteiger partial charge in [0.15, 0.2) is 5.82 Å². The lowest BCUT2D eigenvalue weighted by molar-refractivity contribution is 0.130. The van der Waals surface area contributed by atoms with Crippen LogP contribution in [0.15, 0.2) is 27.2 Å². The van der Waals surface area contributed by atoms with Crippen molar-refractivity contribution in [2.24, 2.45) is 5.73 Å². The molecule has 1 heterocycles. The van der Waals surface area contributed by atoms with E-state index in [0.717, 1.165) is 10.0 Å². The quantitative estimate of drug-likeness (QED) is 0.869. The molecule has 0 aliphatic carbocycles. The minimum absolute atomic E-state index is 0.356. The van der Waals surface area contributed by atoms with E-state index in [4.69, 9.17) is 19.7 Å². The third-order valence-corrected chi connectivity index (χ3v) is 3.37. The molecule has 2 rings (SSSR count). The third kappa shape index (κ3) is 3.36. The van der Waals surface area contributed by atoms with Crippen LogP contribution in [0.3, 0.4) is 0 Å². The Kier molecular flexibility index (Phi) is 5.11. The Bertz CT molecular complexity index is 574. The fourth-order valence-corrected chi connectivity index (χ4v) is 2.03. The van der Waals surface area contributed by atoms with Gasteiger partial charge >= 0.3 is 0 Å². The van der Waals surface area contributed by atoms with Gasteiger partial charge in [-0.3, -0.25) is 0 Å². The summed E-state index contributed by atoms with van der Waals surface area (Å²) < 4.78 is 16.5. The lowest BCUT2D eigenvalue weighted by Crippen LogP contribution is -2.18. The van der Waals surface area contributed by atoms with Gasteiger partial charge in [-0.2, -0.15) is 4.98 Å². The van der Waals surface area contributed by atoms with Crippen molar-refractivity contribution in [3.8, 4) is 17.2 Å². The lowest BCUT2D eigenvalue weighted by atomic mass is 10.2. The first-order chi connectivity index (χ1) is 9.65. The van der Waals surface area contributed by atoms with Gasteiger partial charge in [-0.1, -0.05) is 5.16 Å². The molecule has 0 radical (unpaired) electrons. The average molecular weight is 342 g/mol. The van der Waals surface area contributed by atoms with Crippen molar-refractivity contribution in [3.63, 3.8) is 0 Å². The normalized spacial score (nSPS) is 12.4. The highest BCUT2D eigenvalue weighted by Gasteiger charge is 2.17. The highest BCUT2D eigenvalue weighted by molar-refractivity contribution is 9.10. The molecule has 2 aromatic rings. The molecule has 2 N–H and O–H groups in total. The molecule has 1 atom stereocenters. The number of methoxy groups -OCH3 is 1. The first-order valence-electron chi connectivity index (χ1n) is 6.16. The van der Waals surface area contributed by atoms with Crippen molar-refractivity contribution in [3.05, 3.63) is 28.5 Å². The molecule has 0 bridgehead atoms. The van der Waals surface area contributed by atoms with E-state index in [9.17, 15) is 0 Å².